The van der Waals surface area contributed by atoms with Gasteiger partial charge in [-0.15, -0.1) is 0 Å². The Bertz CT molecular complexity index is 570. The topological polar surface area (TPSA) is 66.4 Å². The summed E-state index contributed by atoms with van der Waals surface area (Å²) in [5, 5.41) is 11.8. The van der Waals surface area contributed by atoms with E-state index in [2.05, 4.69) is 5.32 Å². The third-order valence-corrected chi connectivity index (χ3v) is 4.08. The number of rotatable bonds is 5. The summed E-state index contributed by atoms with van der Waals surface area (Å²) in [6.45, 7) is 1.64. The SMILES string of the molecule is CC(NC(=O)CC1(C(=O)O)CCC1)c1ccc(F)c(F)c1. The zero-order valence-electron chi connectivity index (χ0n) is 11.7. The molecule has 1 aliphatic rings. The standard InChI is InChI=1S/C15H17F2NO3/c1-9(10-3-4-11(16)12(17)7-10)18-13(19)8-15(14(20)21)5-2-6-15/h3-4,7,9H,2,5-6,8H2,1H3,(H,18,19)(H,20,21). The number of amides is 1. The molecule has 1 aliphatic carbocycles. The molecule has 1 fully saturated rings. The summed E-state index contributed by atoms with van der Waals surface area (Å²) in [4.78, 5) is 23.2. The molecule has 0 radical (unpaired) electrons. The molecule has 1 saturated carbocycles. The van der Waals surface area contributed by atoms with Gasteiger partial charge in [-0.25, -0.2) is 8.78 Å². The van der Waals surface area contributed by atoms with Crippen molar-refractivity contribution in [2.45, 2.75) is 38.6 Å². The highest BCUT2D eigenvalue weighted by Crippen LogP contribution is 2.44. The minimum atomic E-state index is -0.977. The largest absolute Gasteiger partial charge is 0.481 e. The number of halogens is 2. The molecule has 21 heavy (non-hydrogen) atoms. The number of carbonyl (C=O) groups excluding carboxylic acids is 1. The second-order valence-corrected chi connectivity index (χ2v) is 5.58. The molecule has 0 aliphatic heterocycles. The average Bonchev–Trinajstić information content (AvgIpc) is 2.36. The van der Waals surface area contributed by atoms with Gasteiger partial charge in [-0.05, 0) is 37.5 Å². The second kappa shape index (κ2) is 5.79. The van der Waals surface area contributed by atoms with Crippen molar-refractivity contribution >= 4 is 11.9 Å². The number of hydrogen-bond acceptors (Lipinski definition) is 2. The molecule has 2 N–H and O–H groups in total. The summed E-state index contributed by atoms with van der Waals surface area (Å²) in [5.74, 6) is -3.27. The first-order chi connectivity index (χ1) is 9.84. The van der Waals surface area contributed by atoms with Crippen molar-refractivity contribution in [2.24, 2.45) is 5.41 Å². The maximum Gasteiger partial charge on any atom is 0.310 e. The molecule has 1 amide bonds. The van der Waals surface area contributed by atoms with E-state index in [0.29, 0.717) is 18.4 Å². The maximum atomic E-state index is 13.2. The van der Waals surface area contributed by atoms with Crippen LogP contribution >= 0.6 is 0 Å². The van der Waals surface area contributed by atoms with Crippen molar-refractivity contribution in [3.63, 3.8) is 0 Å². The summed E-state index contributed by atoms with van der Waals surface area (Å²) in [7, 11) is 0. The number of hydrogen-bond donors (Lipinski definition) is 2. The van der Waals surface area contributed by atoms with Gasteiger partial charge < -0.3 is 10.4 Å². The molecule has 1 aromatic rings. The van der Waals surface area contributed by atoms with Crippen LogP contribution in [0.5, 0.6) is 0 Å². The van der Waals surface area contributed by atoms with Gasteiger partial charge in [-0.2, -0.15) is 0 Å². The lowest BCUT2D eigenvalue weighted by molar-refractivity contribution is -0.157. The lowest BCUT2D eigenvalue weighted by Crippen LogP contribution is -2.43. The third-order valence-electron chi connectivity index (χ3n) is 4.08. The predicted molar refractivity (Wildman–Crippen MR) is 71.5 cm³/mol. The Hall–Kier alpha value is -1.98. The molecule has 6 heteroatoms. The summed E-state index contributed by atoms with van der Waals surface area (Å²) in [5.41, 5.74) is -0.530. The molecule has 1 atom stereocenters. The summed E-state index contributed by atoms with van der Waals surface area (Å²) < 4.78 is 26.0. The van der Waals surface area contributed by atoms with Crippen LogP contribution < -0.4 is 5.32 Å². The molecule has 0 spiro atoms. The Morgan fingerprint density at radius 3 is 2.48 bits per heavy atom. The van der Waals surface area contributed by atoms with E-state index in [9.17, 15) is 23.5 Å². The average molecular weight is 297 g/mol. The van der Waals surface area contributed by atoms with Crippen LogP contribution in [0, 0.1) is 17.0 Å². The minimum absolute atomic E-state index is 0.0870. The Morgan fingerprint density at radius 1 is 1.33 bits per heavy atom. The Balaban J connectivity index is 1.99. The van der Waals surface area contributed by atoms with Crippen LogP contribution in [0.2, 0.25) is 0 Å². The maximum absolute atomic E-state index is 13.2. The van der Waals surface area contributed by atoms with Gasteiger partial charge in [0.15, 0.2) is 11.6 Å². The lowest BCUT2D eigenvalue weighted by atomic mass is 9.66. The molecule has 1 aromatic carbocycles. The number of nitrogens with one attached hydrogen (secondary N) is 1. The Kier molecular flexibility index (Phi) is 4.25. The van der Waals surface area contributed by atoms with E-state index in [-0.39, 0.29) is 6.42 Å². The van der Waals surface area contributed by atoms with E-state index in [1.807, 2.05) is 0 Å². The van der Waals surface area contributed by atoms with Gasteiger partial charge in [0.1, 0.15) is 0 Å². The molecule has 0 saturated heterocycles. The summed E-state index contributed by atoms with van der Waals surface area (Å²) >= 11 is 0. The Morgan fingerprint density at radius 2 is 2.00 bits per heavy atom. The van der Waals surface area contributed by atoms with E-state index < -0.39 is 35.0 Å². The molecule has 0 aromatic heterocycles. The number of benzene rings is 1. The first kappa shape index (κ1) is 15.4. The zero-order chi connectivity index (χ0) is 15.6. The van der Waals surface area contributed by atoms with Crippen LogP contribution in [-0.2, 0) is 9.59 Å². The van der Waals surface area contributed by atoms with Crippen LogP contribution in [0.1, 0.15) is 44.2 Å². The Labute approximate surface area is 121 Å². The molecule has 0 bridgehead atoms. The van der Waals surface area contributed by atoms with Gasteiger partial charge in [0.05, 0.1) is 11.5 Å². The fourth-order valence-corrected chi connectivity index (χ4v) is 2.53. The van der Waals surface area contributed by atoms with Crippen LogP contribution in [-0.4, -0.2) is 17.0 Å². The number of carbonyl (C=O) groups is 2. The molecule has 1 unspecified atom stereocenters. The smallest absolute Gasteiger partial charge is 0.310 e. The zero-order valence-corrected chi connectivity index (χ0v) is 11.7. The number of aliphatic carboxylic acids is 1. The van der Waals surface area contributed by atoms with Gasteiger partial charge in [0.25, 0.3) is 0 Å². The third kappa shape index (κ3) is 3.20. The van der Waals surface area contributed by atoms with Crippen molar-refractivity contribution in [3.05, 3.63) is 35.4 Å². The van der Waals surface area contributed by atoms with Gasteiger partial charge in [0.2, 0.25) is 5.91 Å². The highest BCUT2D eigenvalue weighted by atomic mass is 19.2. The first-order valence-corrected chi connectivity index (χ1v) is 6.82. The lowest BCUT2D eigenvalue weighted by Gasteiger charge is -2.37. The quantitative estimate of drug-likeness (QED) is 0.878. The van der Waals surface area contributed by atoms with E-state index in [0.717, 1.165) is 18.6 Å². The number of carboxylic acids is 1. The van der Waals surface area contributed by atoms with Crippen LogP contribution in [0.4, 0.5) is 8.78 Å². The van der Waals surface area contributed by atoms with Crippen LogP contribution in [0.3, 0.4) is 0 Å². The normalized spacial score (nSPS) is 17.7. The number of carboxylic acid groups (broad SMARTS) is 1. The molecule has 114 valence electrons. The van der Waals surface area contributed by atoms with E-state index >= 15 is 0 Å². The van der Waals surface area contributed by atoms with Crippen LogP contribution in [0.15, 0.2) is 18.2 Å². The predicted octanol–water partition coefficient (Wildman–Crippen LogP) is 2.79. The van der Waals surface area contributed by atoms with Crippen molar-refractivity contribution in [1.82, 2.24) is 5.32 Å². The summed E-state index contributed by atoms with van der Waals surface area (Å²) in [6, 6.07) is 2.90. The van der Waals surface area contributed by atoms with E-state index in [4.69, 9.17) is 0 Å². The van der Waals surface area contributed by atoms with Crippen molar-refractivity contribution in [1.29, 1.82) is 0 Å². The monoisotopic (exact) mass is 297 g/mol. The molecule has 4 nitrogen and oxygen atoms in total. The highest BCUT2D eigenvalue weighted by molar-refractivity contribution is 5.85. The fraction of sp³-hybridized carbons (Fsp3) is 0.467. The highest BCUT2D eigenvalue weighted by Gasteiger charge is 2.45. The molecule has 2 rings (SSSR count). The van der Waals surface area contributed by atoms with Crippen molar-refractivity contribution in [2.75, 3.05) is 0 Å². The second-order valence-electron chi connectivity index (χ2n) is 5.58. The van der Waals surface area contributed by atoms with E-state index in [1.54, 1.807) is 6.92 Å². The molecular weight excluding hydrogens is 280 g/mol. The minimum Gasteiger partial charge on any atom is -0.481 e. The van der Waals surface area contributed by atoms with Crippen molar-refractivity contribution in [3.8, 4) is 0 Å². The van der Waals surface area contributed by atoms with Gasteiger partial charge in [-0.3, -0.25) is 9.59 Å². The fourth-order valence-electron chi connectivity index (χ4n) is 2.53. The first-order valence-electron chi connectivity index (χ1n) is 6.82. The molecule has 0 heterocycles. The van der Waals surface area contributed by atoms with E-state index in [1.165, 1.54) is 6.07 Å². The van der Waals surface area contributed by atoms with Crippen molar-refractivity contribution < 1.29 is 23.5 Å². The van der Waals surface area contributed by atoms with Gasteiger partial charge >= 0.3 is 5.97 Å². The summed E-state index contributed by atoms with van der Waals surface area (Å²) in [6.07, 6.45) is 1.71. The van der Waals surface area contributed by atoms with Gasteiger partial charge in [-0.1, -0.05) is 12.5 Å². The van der Waals surface area contributed by atoms with Crippen LogP contribution in [0.25, 0.3) is 0 Å². The van der Waals surface area contributed by atoms with Gasteiger partial charge in [0, 0.05) is 6.42 Å². The molecular formula is C15H17F2NO3.